The van der Waals surface area contributed by atoms with E-state index in [2.05, 4.69) is 50.9 Å². The molecule has 0 heterocycles. The number of halogens is 2. The van der Waals surface area contributed by atoms with E-state index in [4.69, 9.17) is 4.79 Å². The molecule has 1 nitrogen and oxygen atoms in total. The highest BCUT2D eigenvalue weighted by Crippen LogP contribution is 2.62. The van der Waals surface area contributed by atoms with Gasteiger partial charge in [-0.15, -0.1) is 0 Å². The van der Waals surface area contributed by atoms with Gasteiger partial charge < -0.3 is 0 Å². The lowest BCUT2D eigenvalue weighted by Crippen LogP contribution is -1.95. The second-order valence-corrected chi connectivity index (χ2v) is 5.05. The lowest BCUT2D eigenvalue weighted by Gasteiger charge is -2.04. The Bertz CT molecular complexity index is 145. The van der Waals surface area contributed by atoms with Crippen LogP contribution in [-0.2, 0) is 0 Å². The Labute approximate surface area is 78.1 Å². The van der Waals surface area contributed by atoms with E-state index in [0.29, 0.717) is 10.8 Å². The molecule has 1 fully saturated rings. The molecule has 0 N–H and O–H groups in total. The van der Waals surface area contributed by atoms with Crippen LogP contribution in [0.4, 0.5) is 4.79 Å². The second-order valence-electron chi connectivity index (χ2n) is 4.17. The minimum atomic E-state index is -0.889. The van der Waals surface area contributed by atoms with Crippen molar-refractivity contribution < 1.29 is 4.79 Å². The highest BCUT2D eigenvalue weighted by Gasteiger charge is 2.53. The first-order valence-corrected chi connectivity index (χ1v) is 4.30. The molecule has 3 heteroatoms. The third kappa shape index (κ3) is 3.97. The van der Waals surface area contributed by atoms with E-state index >= 15 is 0 Å². The smallest absolute Gasteiger partial charge is 0.262 e. The van der Waals surface area contributed by atoms with Gasteiger partial charge in [-0.05, 0) is 40.5 Å². The standard InChI is InChI=1S/C7H14.CCl2O/c1-6(2)5-7(6,3)4;2-1(3)4/h5H2,1-4H3;. The molecule has 0 unspecified atom stereocenters. The van der Waals surface area contributed by atoms with Gasteiger partial charge in [0.2, 0.25) is 0 Å². The summed E-state index contributed by atoms with van der Waals surface area (Å²) in [5.41, 5.74) is 1.29. The fourth-order valence-corrected chi connectivity index (χ4v) is 1.06. The summed E-state index contributed by atoms with van der Waals surface area (Å²) in [4.78, 5) is 8.98. The molecule has 1 aliphatic carbocycles. The molecule has 0 bridgehead atoms. The van der Waals surface area contributed by atoms with Crippen LogP contribution < -0.4 is 0 Å². The van der Waals surface area contributed by atoms with Gasteiger partial charge in [0.25, 0.3) is 0 Å². The van der Waals surface area contributed by atoms with E-state index in [1.54, 1.807) is 0 Å². The molecule has 0 atom stereocenters. The van der Waals surface area contributed by atoms with Crippen LogP contribution in [0.25, 0.3) is 0 Å². The first kappa shape index (κ1) is 11.2. The van der Waals surface area contributed by atoms with Gasteiger partial charge in [0, 0.05) is 0 Å². The maximum Gasteiger partial charge on any atom is 0.313 e. The molecule has 1 aliphatic rings. The van der Waals surface area contributed by atoms with Crippen LogP contribution in [0, 0.1) is 10.8 Å². The number of hydrogen-bond donors (Lipinski definition) is 0. The molecule has 66 valence electrons. The van der Waals surface area contributed by atoms with Crippen molar-refractivity contribution in [2.45, 2.75) is 34.1 Å². The van der Waals surface area contributed by atoms with Gasteiger partial charge in [-0.3, -0.25) is 4.79 Å². The van der Waals surface area contributed by atoms with Gasteiger partial charge in [0.1, 0.15) is 0 Å². The zero-order chi connectivity index (χ0) is 9.28. The number of rotatable bonds is 0. The van der Waals surface area contributed by atoms with Gasteiger partial charge in [-0.2, -0.15) is 0 Å². The Morgan fingerprint density at radius 3 is 1.18 bits per heavy atom. The van der Waals surface area contributed by atoms with Crippen molar-refractivity contribution in [1.29, 1.82) is 0 Å². The lowest BCUT2D eigenvalue weighted by molar-refractivity contribution is 0.275. The molecular weight excluding hydrogens is 183 g/mol. The van der Waals surface area contributed by atoms with E-state index in [1.807, 2.05) is 0 Å². The third-order valence-electron chi connectivity index (χ3n) is 2.59. The van der Waals surface area contributed by atoms with Crippen molar-refractivity contribution in [1.82, 2.24) is 0 Å². The molecule has 1 rings (SSSR count). The topological polar surface area (TPSA) is 17.1 Å². The van der Waals surface area contributed by atoms with Crippen molar-refractivity contribution in [2.24, 2.45) is 10.8 Å². The summed E-state index contributed by atoms with van der Waals surface area (Å²) in [5.74, 6) is 0. The van der Waals surface area contributed by atoms with E-state index in [9.17, 15) is 0 Å². The molecule has 0 spiro atoms. The maximum atomic E-state index is 8.98. The lowest BCUT2D eigenvalue weighted by atomic mass is 10.0. The van der Waals surface area contributed by atoms with Gasteiger partial charge in [0.15, 0.2) is 0 Å². The Balaban J connectivity index is 0.000000218. The minimum Gasteiger partial charge on any atom is -0.262 e. The maximum absolute atomic E-state index is 8.98. The van der Waals surface area contributed by atoms with Crippen LogP contribution in [0.3, 0.4) is 0 Å². The molecule has 0 aromatic heterocycles. The molecule has 1 saturated carbocycles. The first-order chi connectivity index (χ1) is 4.69. The second kappa shape index (κ2) is 3.32. The van der Waals surface area contributed by atoms with Crippen LogP contribution in [-0.4, -0.2) is 4.70 Å². The van der Waals surface area contributed by atoms with Gasteiger partial charge in [-0.25, -0.2) is 0 Å². The average molecular weight is 197 g/mol. The summed E-state index contributed by atoms with van der Waals surface area (Å²) in [7, 11) is 0. The van der Waals surface area contributed by atoms with Crippen LogP contribution in [0.15, 0.2) is 0 Å². The summed E-state index contributed by atoms with van der Waals surface area (Å²) < 4.78 is -0.889. The fourth-order valence-electron chi connectivity index (χ4n) is 1.06. The predicted molar refractivity (Wildman–Crippen MR) is 49.3 cm³/mol. The highest BCUT2D eigenvalue weighted by molar-refractivity contribution is 6.93. The predicted octanol–water partition coefficient (Wildman–Crippen LogP) is 4.03. The van der Waals surface area contributed by atoms with Crippen molar-refractivity contribution in [3.05, 3.63) is 0 Å². The van der Waals surface area contributed by atoms with Gasteiger partial charge >= 0.3 is 4.70 Å². The molecular formula is C8H14Cl2O. The molecule has 0 amide bonds. The summed E-state index contributed by atoms with van der Waals surface area (Å²) in [6.07, 6.45) is 1.40. The number of carbonyl (C=O) groups is 1. The fraction of sp³-hybridized carbons (Fsp3) is 0.875. The quantitative estimate of drug-likeness (QED) is 0.536. The highest BCUT2D eigenvalue weighted by atomic mass is 35.5. The van der Waals surface area contributed by atoms with Crippen molar-refractivity contribution in [3.63, 3.8) is 0 Å². The third-order valence-corrected chi connectivity index (χ3v) is 2.59. The van der Waals surface area contributed by atoms with Crippen molar-refractivity contribution in [2.75, 3.05) is 0 Å². The van der Waals surface area contributed by atoms with Crippen molar-refractivity contribution >= 4 is 27.9 Å². The first-order valence-electron chi connectivity index (χ1n) is 3.54. The average Bonchev–Trinajstić information content (AvgIpc) is 1.98. The van der Waals surface area contributed by atoms with Crippen LogP contribution in [0.2, 0.25) is 0 Å². The summed E-state index contributed by atoms with van der Waals surface area (Å²) in [6.45, 7) is 9.31. The van der Waals surface area contributed by atoms with E-state index in [-0.39, 0.29) is 0 Å². The SMILES string of the molecule is CC1(C)CC1(C)C.O=C(Cl)Cl. The van der Waals surface area contributed by atoms with Crippen LogP contribution >= 0.6 is 23.2 Å². The zero-order valence-corrected chi connectivity index (χ0v) is 8.88. The largest absolute Gasteiger partial charge is 0.313 e. The molecule has 0 aliphatic heterocycles. The minimum absolute atomic E-state index is 0.646. The Morgan fingerprint density at radius 2 is 1.18 bits per heavy atom. The Morgan fingerprint density at radius 1 is 1.09 bits per heavy atom. The normalized spacial score (nSPS) is 23.1. The van der Waals surface area contributed by atoms with Crippen molar-refractivity contribution in [3.8, 4) is 0 Å². The summed E-state index contributed by atoms with van der Waals surface area (Å²) in [5, 5.41) is 0. The molecule has 0 radical (unpaired) electrons. The summed E-state index contributed by atoms with van der Waals surface area (Å²) >= 11 is 8.80. The molecule has 0 aromatic rings. The monoisotopic (exact) mass is 196 g/mol. The van der Waals surface area contributed by atoms with E-state index in [0.717, 1.165) is 0 Å². The van der Waals surface area contributed by atoms with Crippen LogP contribution in [0.5, 0.6) is 0 Å². The van der Waals surface area contributed by atoms with Crippen LogP contribution in [0.1, 0.15) is 34.1 Å². The Kier molecular flexibility index (Phi) is 3.40. The van der Waals surface area contributed by atoms with Gasteiger partial charge in [-0.1, -0.05) is 27.7 Å². The van der Waals surface area contributed by atoms with E-state index < -0.39 is 4.70 Å². The number of hydrogen-bond acceptors (Lipinski definition) is 1. The molecule has 11 heavy (non-hydrogen) atoms. The number of carbonyl (C=O) groups excluding carboxylic acids is 1. The zero-order valence-electron chi connectivity index (χ0n) is 7.37. The van der Waals surface area contributed by atoms with Gasteiger partial charge in [0.05, 0.1) is 0 Å². The summed E-state index contributed by atoms with van der Waals surface area (Å²) in [6, 6.07) is 0. The van der Waals surface area contributed by atoms with E-state index in [1.165, 1.54) is 6.42 Å². The Hall–Kier alpha value is 0.250. The molecule has 0 saturated heterocycles. The molecule has 0 aromatic carbocycles.